The third-order valence-corrected chi connectivity index (χ3v) is 3.98. The van der Waals surface area contributed by atoms with Crippen molar-refractivity contribution in [1.82, 2.24) is 14.8 Å². The van der Waals surface area contributed by atoms with E-state index >= 15 is 0 Å². The summed E-state index contributed by atoms with van der Waals surface area (Å²) in [5, 5.41) is 11.3. The molecule has 0 radical (unpaired) electrons. The Hall–Kier alpha value is -2.61. The van der Waals surface area contributed by atoms with Crippen LogP contribution in [-0.4, -0.2) is 32.3 Å². The Labute approximate surface area is 138 Å². The van der Waals surface area contributed by atoms with Gasteiger partial charge in [0.2, 0.25) is 5.91 Å². The first kappa shape index (κ1) is 16.8. The van der Waals surface area contributed by atoms with Crippen molar-refractivity contribution in [1.29, 1.82) is 0 Å². The highest BCUT2D eigenvalue weighted by molar-refractivity contribution is 7.99. The van der Waals surface area contributed by atoms with Crippen LogP contribution in [0.4, 0.5) is 5.69 Å². The number of hydrogen-bond donors (Lipinski definition) is 2. The molecule has 0 spiro atoms. The Morgan fingerprint density at radius 2 is 2.13 bits per heavy atom. The average molecular weight is 331 g/mol. The molecule has 23 heavy (non-hydrogen) atoms. The number of carbonyl (C=O) groups is 2. The van der Waals surface area contributed by atoms with Gasteiger partial charge in [0, 0.05) is 6.54 Å². The van der Waals surface area contributed by atoms with E-state index in [-0.39, 0.29) is 17.2 Å². The molecule has 0 saturated carbocycles. The fourth-order valence-electron chi connectivity index (χ4n) is 1.93. The number of allylic oxidation sites excluding steroid dienone is 1. The van der Waals surface area contributed by atoms with Crippen LogP contribution >= 0.6 is 11.8 Å². The second kappa shape index (κ2) is 7.59. The molecule has 1 aromatic carbocycles. The second-order valence-corrected chi connectivity index (χ2v) is 5.62. The van der Waals surface area contributed by atoms with E-state index in [4.69, 9.17) is 5.73 Å². The first-order valence-corrected chi connectivity index (χ1v) is 7.83. The van der Waals surface area contributed by atoms with Gasteiger partial charge in [0.05, 0.1) is 17.0 Å². The number of benzene rings is 1. The molecule has 0 bridgehead atoms. The van der Waals surface area contributed by atoms with Gasteiger partial charge >= 0.3 is 0 Å². The quantitative estimate of drug-likeness (QED) is 0.592. The van der Waals surface area contributed by atoms with E-state index in [1.165, 1.54) is 11.8 Å². The molecule has 0 unspecified atom stereocenters. The Morgan fingerprint density at radius 3 is 2.83 bits per heavy atom. The van der Waals surface area contributed by atoms with E-state index in [9.17, 15) is 9.59 Å². The van der Waals surface area contributed by atoms with Crippen molar-refractivity contribution in [2.24, 2.45) is 5.73 Å². The van der Waals surface area contributed by atoms with E-state index in [1.54, 1.807) is 30.3 Å². The van der Waals surface area contributed by atoms with E-state index in [0.717, 1.165) is 5.82 Å². The van der Waals surface area contributed by atoms with Crippen LogP contribution in [0.25, 0.3) is 0 Å². The van der Waals surface area contributed by atoms with Gasteiger partial charge in [0.1, 0.15) is 5.82 Å². The van der Waals surface area contributed by atoms with Crippen LogP contribution in [0, 0.1) is 6.92 Å². The molecule has 7 nitrogen and oxygen atoms in total. The molecule has 0 aliphatic heterocycles. The zero-order valence-electron chi connectivity index (χ0n) is 12.7. The van der Waals surface area contributed by atoms with Crippen molar-refractivity contribution in [3.8, 4) is 0 Å². The molecule has 2 amide bonds. The maximum absolute atomic E-state index is 12.1. The summed E-state index contributed by atoms with van der Waals surface area (Å²) in [4.78, 5) is 23.4. The number of thioether (sulfide) groups is 1. The van der Waals surface area contributed by atoms with Gasteiger partial charge in [0.15, 0.2) is 5.16 Å². The lowest BCUT2D eigenvalue weighted by molar-refractivity contribution is -0.113. The first-order chi connectivity index (χ1) is 11.0. The van der Waals surface area contributed by atoms with Gasteiger partial charge < -0.3 is 15.6 Å². The standard InChI is InChI=1S/C15H17N5O2S/c1-3-8-20-10(2)18-19-15(20)23-9-13(21)17-12-7-5-4-6-11(12)14(16)22/h3-7H,1,8-9H2,2H3,(H2,16,22)(H,17,21). The lowest BCUT2D eigenvalue weighted by Crippen LogP contribution is -2.19. The molecular weight excluding hydrogens is 314 g/mol. The number of aryl methyl sites for hydroxylation is 1. The van der Waals surface area contributed by atoms with Crippen LogP contribution in [0.15, 0.2) is 42.1 Å². The number of nitrogens with one attached hydrogen (secondary N) is 1. The van der Waals surface area contributed by atoms with Gasteiger partial charge in [-0.05, 0) is 19.1 Å². The molecule has 0 atom stereocenters. The molecule has 3 N–H and O–H groups in total. The molecule has 0 fully saturated rings. The highest BCUT2D eigenvalue weighted by Crippen LogP contribution is 2.19. The zero-order chi connectivity index (χ0) is 16.8. The molecule has 1 aromatic heterocycles. The molecule has 0 saturated heterocycles. The smallest absolute Gasteiger partial charge is 0.250 e. The van der Waals surface area contributed by atoms with Crippen LogP contribution in [0.5, 0.6) is 0 Å². The normalized spacial score (nSPS) is 10.3. The van der Waals surface area contributed by atoms with Crippen molar-refractivity contribution in [3.05, 3.63) is 48.3 Å². The summed E-state index contributed by atoms with van der Waals surface area (Å²) >= 11 is 1.26. The van der Waals surface area contributed by atoms with Crippen LogP contribution in [0.3, 0.4) is 0 Å². The Morgan fingerprint density at radius 1 is 1.39 bits per heavy atom. The van der Waals surface area contributed by atoms with Crippen molar-refractivity contribution >= 4 is 29.3 Å². The van der Waals surface area contributed by atoms with Gasteiger partial charge in [-0.25, -0.2) is 0 Å². The van der Waals surface area contributed by atoms with E-state index in [1.807, 2.05) is 11.5 Å². The number of carbonyl (C=O) groups excluding carboxylic acids is 2. The number of primary amides is 1. The lowest BCUT2D eigenvalue weighted by atomic mass is 10.1. The van der Waals surface area contributed by atoms with E-state index in [0.29, 0.717) is 17.4 Å². The monoisotopic (exact) mass is 331 g/mol. The van der Waals surface area contributed by atoms with Gasteiger partial charge in [-0.2, -0.15) is 0 Å². The van der Waals surface area contributed by atoms with E-state index < -0.39 is 5.91 Å². The van der Waals surface area contributed by atoms with Crippen LogP contribution < -0.4 is 11.1 Å². The van der Waals surface area contributed by atoms with Crippen LogP contribution in [0.2, 0.25) is 0 Å². The Bertz CT molecular complexity index is 741. The maximum atomic E-state index is 12.1. The number of nitrogens with two attached hydrogens (primary N) is 1. The predicted octanol–water partition coefficient (Wildman–Crippen LogP) is 1.60. The predicted molar refractivity (Wildman–Crippen MR) is 89.3 cm³/mol. The fourth-order valence-corrected chi connectivity index (χ4v) is 2.72. The van der Waals surface area contributed by atoms with Crippen molar-refractivity contribution in [2.45, 2.75) is 18.6 Å². The summed E-state index contributed by atoms with van der Waals surface area (Å²) < 4.78 is 1.86. The Kier molecular flexibility index (Phi) is 5.53. The van der Waals surface area contributed by atoms with Crippen molar-refractivity contribution in [3.63, 3.8) is 0 Å². The van der Waals surface area contributed by atoms with Gasteiger partial charge in [-0.1, -0.05) is 30.0 Å². The van der Waals surface area contributed by atoms with Gasteiger partial charge in [0.25, 0.3) is 5.91 Å². The van der Waals surface area contributed by atoms with Crippen LogP contribution in [-0.2, 0) is 11.3 Å². The summed E-state index contributed by atoms with van der Waals surface area (Å²) in [6, 6.07) is 6.60. The molecule has 8 heteroatoms. The topological polar surface area (TPSA) is 103 Å². The number of rotatable bonds is 7. The fraction of sp³-hybridized carbons (Fsp3) is 0.200. The number of nitrogens with zero attached hydrogens (tertiary/aromatic N) is 3. The SMILES string of the molecule is C=CCn1c(C)nnc1SCC(=O)Nc1ccccc1C(N)=O. The minimum Gasteiger partial charge on any atom is -0.366 e. The lowest BCUT2D eigenvalue weighted by Gasteiger charge is -2.09. The average Bonchev–Trinajstić information content (AvgIpc) is 2.87. The summed E-state index contributed by atoms with van der Waals surface area (Å²) in [6.45, 7) is 6.10. The summed E-state index contributed by atoms with van der Waals surface area (Å²) in [5.74, 6) is 0.0545. The number of para-hydroxylation sites is 1. The number of amides is 2. The first-order valence-electron chi connectivity index (χ1n) is 6.85. The number of hydrogen-bond acceptors (Lipinski definition) is 5. The summed E-state index contributed by atoms with van der Waals surface area (Å²) in [6.07, 6.45) is 1.74. The summed E-state index contributed by atoms with van der Waals surface area (Å²) in [5.41, 5.74) is 5.96. The highest BCUT2D eigenvalue weighted by atomic mass is 32.2. The van der Waals surface area contributed by atoms with Gasteiger partial charge in [-0.15, -0.1) is 16.8 Å². The molecule has 120 valence electrons. The molecule has 2 rings (SSSR count). The maximum Gasteiger partial charge on any atom is 0.250 e. The number of anilines is 1. The van der Waals surface area contributed by atoms with E-state index in [2.05, 4.69) is 22.1 Å². The second-order valence-electron chi connectivity index (χ2n) is 4.68. The van der Waals surface area contributed by atoms with Crippen molar-refractivity contribution < 1.29 is 9.59 Å². The molecule has 0 aliphatic carbocycles. The minimum absolute atomic E-state index is 0.141. The number of aromatic nitrogens is 3. The largest absolute Gasteiger partial charge is 0.366 e. The summed E-state index contributed by atoms with van der Waals surface area (Å²) in [7, 11) is 0. The third-order valence-electron chi connectivity index (χ3n) is 3.01. The highest BCUT2D eigenvalue weighted by Gasteiger charge is 2.13. The van der Waals surface area contributed by atoms with Crippen molar-refractivity contribution in [2.75, 3.05) is 11.1 Å². The van der Waals surface area contributed by atoms with Gasteiger partial charge in [-0.3, -0.25) is 9.59 Å². The van der Waals surface area contributed by atoms with Crippen LogP contribution in [0.1, 0.15) is 16.2 Å². The molecule has 2 aromatic rings. The zero-order valence-corrected chi connectivity index (χ0v) is 13.5. The molecule has 0 aliphatic rings. The third kappa shape index (κ3) is 4.19. The molecule has 1 heterocycles. The minimum atomic E-state index is -0.588. The molecular formula is C15H17N5O2S. The Balaban J connectivity index is 2.01.